The standard InChI is InChI=1S/C19H21FN4O3/c1-4-13-12-6-5-7-21-16(12)24(18(26)19(13,2)3)10-15-14(20)8-11(9-22-15)17(25)23-27/h5-9,13,27H,4,10H2,1-3H3,(H,23,25). The number of amides is 2. The lowest BCUT2D eigenvalue weighted by Gasteiger charge is -2.43. The van der Waals surface area contributed by atoms with Gasteiger partial charge in [0, 0.05) is 18.3 Å². The smallest absolute Gasteiger partial charge is 0.276 e. The second-order valence-electron chi connectivity index (χ2n) is 7.08. The maximum Gasteiger partial charge on any atom is 0.276 e. The molecule has 2 aromatic heterocycles. The number of nitrogens with zero attached hydrogens (tertiary/aromatic N) is 3. The molecule has 1 atom stereocenters. The van der Waals surface area contributed by atoms with Crippen molar-refractivity contribution >= 4 is 17.6 Å². The molecular weight excluding hydrogens is 351 g/mol. The van der Waals surface area contributed by atoms with Gasteiger partial charge in [0.05, 0.1) is 23.2 Å². The van der Waals surface area contributed by atoms with Crippen LogP contribution in [0.15, 0.2) is 30.6 Å². The van der Waals surface area contributed by atoms with E-state index in [1.807, 2.05) is 32.9 Å². The van der Waals surface area contributed by atoms with Crippen LogP contribution in [0.3, 0.4) is 0 Å². The van der Waals surface area contributed by atoms with Crippen molar-refractivity contribution in [2.45, 2.75) is 39.7 Å². The van der Waals surface area contributed by atoms with E-state index in [0.29, 0.717) is 5.82 Å². The predicted octanol–water partition coefficient (Wildman–Crippen LogP) is 2.80. The summed E-state index contributed by atoms with van der Waals surface area (Å²) >= 11 is 0. The second-order valence-corrected chi connectivity index (χ2v) is 7.08. The molecule has 0 saturated carbocycles. The SMILES string of the molecule is CCC1c2cccnc2N(Cc2ncc(C(=O)NO)cc2F)C(=O)C1(C)C. The zero-order valence-corrected chi connectivity index (χ0v) is 15.4. The van der Waals surface area contributed by atoms with Crippen LogP contribution in [-0.2, 0) is 11.3 Å². The molecular formula is C19H21FN4O3. The highest BCUT2D eigenvalue weighted by molar-refractivity contribution is 6.00. The van der Waals surface area contributed by atoms with Gasteiger partial charge in [-0.3, -0.25) is 24.7 Å². The molecule has 1 aliphatic rings. The van der Waals surface area contributed by atoms with Crippen molar-refractivity contribution in [2.24, 2.45) is 5.41 Å². The summed E-state index contributed by atoms with van der Waals surface area (Å²) in [5.41, 5.74) is 1.61. The largest absolute Gasteiger partial charge is 0.290 e. The molecule has 0 aromatic carbocycles. The summed E-state index contributed by atoms with van der Waals surface area (Å²) in [6.45, 7) is 5.68. The molecule has 0 saturated heterocycles. The molecule has 3 heterocycles. The quantitative estimate of drug-likeness (QED) is 0.636. The Morgan fingerprint density at radius 3 is 2.78 bits per heavy atom. The van der Waals surface area contributed by atoms with Crippen LogP contribution in [0, 0.1) is 11.2 Å². The first-order valence-corrected chi connectivity index (χ1v) is 8.67. The van der Waals surface area contributed by atoms with Gasteiger partial charge in [0.2, 0.25) is 5.91 Å². The number of carbonyl (C=O) groups is 2. The van der Waals surface area contributed by atoms with Crippen LogP contribution in [0.1, 0.15) is 54.7 Å². The zero-order valence-electron chi connectivity index (χ0n) is 15.4. The summed E-state index contributed by atoms with van der Waals surface area (Å²) in [5.74, 6) is -1.23. The van der Waals surface area contributed by atoms with Gasteiger partial charge in [-0.2, -0.15) is 0 Å². The van der Waals surface area contributed by atoms with Crippen LogP contribution in [0.5, 0.6) is 0 Å². The van der Waals surface area contributed by atoms with E-state index in [1.165, 1.54) is 10.4 Å². The molecule has 3 rings (SSSR count). The summed E-state index contributed by atoms with van der Waals surface area (Å²) in [4.78, 5) is 34.3. The molecule has 0 radical (unpaired) electrons. The third-order valence-electron chi connectivity index (χ3n) is 5.11. The fourth-order valence-corrected chi connectivity index (χ4v) is 3.69. The van der Waals surface area contributed by atoms with E-state index in [9.17, 15) is 14.0 Å². The number of pyridine rings is 2. The summed E-state index contributed by atoms with van der Waals surface area (Å²) in [5, 5.41) is 8.65. The van der Waals surface area contributed by atoms with E-state index in [0.717, 1.165) is 24.2 Å². The van der Waals surface area contributed by atoms with E-state index in [-0.39, 0.29) is 29.6 Å². The molecule has 0 fully saturated rings. The normalized spacial score (nSPS) is 18.2. The molecule has 27 heavy (non-hydrogen) atoms. The number of rotatable bonds is 4. The zero-order chi connectivity index (χ0) is 19.8. The Morgan fingerprint density at radius 1 is 1.41 bits per heavy atom. The summed E-state index contributed by atoms with van der Waals surface area (Å²) < 4.78 is 14.5. The van der Waals surface area contributed by atoms with Crippen molar-refractivity contribution in [3.05, 3.63) is 53.2 Å². The third-order valence-corrected chi connectivity index (χ3v) is 5.11. The van der Waals surface area contributed by atoms with Crippen LogP contribution in [-0.4, -0.2) is 27.0 Å². The van der Waals surface area contributed by atoms with E-state index in [2.05, 4.69) is 9.97 Å². The molecule has 1 aliphatic heterocycles. The van der Waals surface area contributed by atoms with Gasteiger partial charge < -0.3 is 0 Å². The molecule has 0 bridgehead atoms. The van der Waals surface area contributed by atoms with Gasteiger partial charge in [0.1, 0.15) is 11.6 Å². The fraction of sp³-hybridized carbons (Fsp3) is 0.368. The Balaban J connectivity index is 2.01. The van der Waals surface area contributed by atoms with Crippen LogP contribution in [0.4, 0.5) is 10.2 Å². The highest BCUT2D eigenvalue weighted by atomic mass is 19.1. The summed E-state index contributed by atoms with van der Waals surface area (Å²) in [6.07, 6.45) is 3.53. The number of fused-ring (bicyclic) bond motifs is 1. The molecule has 7 nitrogen and oxygen atoms in total. The van der Waals surface area contributed by atoms with E-state index in [4.69, 9.17) is 5.21 Å². The average Bonchev–Trinajstić information content (AvgIpc) is 2.66. The van der Waals surface area contributed by atoms with Crippen LogP contribution in [0.2, 0.25) is 0 Å². The van der Waals surface area contributed by atoms with Crippen LogP contribution >= 0.6 is 0 Å². The summed E-state index contributed by atoms with van der Waals surface area (Å²) in [7, 11) is 0. The lowest BCUT2D eigenvalue weighted by atomic mass is 9.70. The average molecular weight is 372 g/mol. The number of nitrogens with one attached hydrogen (secondary N) is 1. The summed E-state index contributed by atoms with van der Waals surface area (Å²) in [6, 6.07) is 4.74. The van der Waals surface area contributed by atoms with Gasteiger partial charge in [-0.25, -0.2) is 14.9 Å². The number of hydrogen-bond acceptors (Lipinski definition) is 5. The van der Waals surface area contributed by atoms with Gasteiger partial charge in [0.15, 0.2) is 0 Å². The minimum atomic E-state index is -0.860. The number of aromatic nitrogens is 2. The number of hydroxylamine groups is 1. The lowest BCUT2D eigenvalue weighted by Crippen LogP contribution is -2.48. The molecule has 0 spiro atoms. The number of carbonyl (C=O) groups excluding carboxylic acids is 2. The first-order valence-electron chi connectivity index (χ1n) is 8.67. The number of hydrogen-bond donors (Lipinski definition) is 2. The first-order chi connectivity index (χ1) is 12.8. The van der Waals surface area contributed by atoms with E-state index < -0.39 is 17.1 Å². The topological polar surface area (TPSA) is 95.4 Å². The molecule has 2 aromatic rings. The van der Waals surface area contributed by atoms with Crippen LogP contribution in [0.25, 0.3) is 0 Å². The Bertz CT molecular complexity index is 900. The van der Waals surface area contributed by atoms with E-state index in [1.54, 1.807) is 6.20 Å². The lowest BCUT2D eigenvalue weighted by molar-refractivity contribution is -0.128. The first kappa shape index (κ1) is 18.9. The molecule has 0 aliphatic carbocycles. The Hall–Kier alpha value is -2.87. The third kappa shape index (κ3) is 3.16. The van der Waals surface area contributed by atoms with Gasteiger partial charge in [0.25, 0.3) is 5.91 Å². The Morgan fingerprint density at radius 2 is 2.15 bits per heavy atom. The molecule has 2 amide bonds. The highest BCUT2D eigenvalue weighted by Crippen LogP contribution is 2.47. The number of anilines is 1. The maximum absolute atomic E-state index is 14.5. The van der Waals surface area contributed by atoms with Crippen molar-refractivity contribution in [3.8, 4) is 0 Å². The molecule has 142 valence electrons. The van der Waals surface area contributed by atoms with Gasteiger partial charge in [-0.05, 0) is 24.1 Å². The molecule has 2 N–H and O–H groups in total. The Kier molecular flexibility index (Phi) is 4.93. The monoisotopic (exact) mass is 372 g/mol. The van der Waals surface area contributed by atoms with Gasteiger partial charge in [-0.1, -0.05) is 26.8 Å². The molecule has 1 unspecified atom stereocenters. The minimum Gasteiger partial charge on any atom is -0.290 e. The Labute approximate surface area is 156 Å². The second kappa shape index (κ2) is 7.03. The fourth-order valence-electron chi connectivity index (χ4n) is 3.69. The van der Waals surface area contributed by atoms with Gasteiger partial charge in [-0.15, -0.1) is 0 Å². The minimum absolute atomic E-state index is 0.0124. The van der Waals surface area contributed by atoms with Crippen molar-refractivity contribution in [2.75, 3.05) is 4.90 Å². The predicted molar refractivity (Wildman–Crippen MR) is 95.7 cm³/mol. The van der Waals surface area contributed by atoms with E-state index >= 15 is 0 Å². The molecule has 8 heteroatoms. The van der Waals surface area contributed by atoms with Crippen molar-refractivity contribution in [1.29, 1.82) is 0 Å². The highest BCUT2D eigenvalue weighted by Gasteiger charge is 2.46. The van der Waals surface area contributed by atoms with Crippen molar-refractivity contribution in [3.63, 3.8) is 0 Å². The van der Waals surface area contributed by atoms with Gasteiger partial charge >= 0.3 is 0 Å². The van der Waals surface area contributed by atoms with Crippen molar-refractivity contribution < 1.29 is 19.2 Å². The maximum atomic E-state index is 14.5. The van der Waals surface area contributed by atoms with Crippen LogP contribution < -0.4 is 10.4 Å². The van der Waals surface area contributed by atoms with Crippen molar-refractivity contribution in [1.82, 2.24) is 15.4 Å². The number of halogens is 1.